The zero-order valence-electron chi connectivity index (χ0n) is 9.41. The van der Waals surface area contributed by atoms with Crippen molar-refractivity contribution in [2.24, 2.45) is 0 Å². The molecule has 0 aliphatic carbocycles. The topological polar surface area (TPSA) is 38.7 Å². The Balaban J connectivity index is 3.11. The van der Waals surface area contributed by atoms with Crippen LogP contribution in [0.3, 0.4) is 0 Å². The fourth-order valence-electron chi connectivity index (χ4n) is 1.26. The Kier molecular flexibility index (Phi) is 4.22. The summed E-state index contributed by atoms with van der Waals surface area (Å²) in [4.78, 5) is 0. The molecule has 0 saturated heterocycles. The van der Waals surface area contributed by atoms with Crippen LogP contribution in [0.1, 0.15) is 19.4 Å². The van der Waals surface area contributed by atoms with E-state index >= 15 is 0 Å². The lowest BCUT2D eigenvalue weighted by Crippen LogP contribution is -2.19. The molecule has 0 heterocycles. The highest BCUT2D eigenvalue weighted by molar-refractivity contribution is 5.46. The number of rotatable bonds is 4. The van der Waals surface area contributed by atoms with Gasteiger partial charge in [-0.05, 0) is 19.9 Å². The summed E-state index contributed by atoms with van der Waals surface area (Å²) in [5.74, 6) is -0.528. The highest BCUT2D eigenvalue weighted by Gasteiger charge is 2.33. The third-order valence-electron chi connectivity index (χ3n) is 1.81. The largest absolute Gasteiger partial charge is 0.573 e. The fourth-order valence-corrected chi connectivity index (χ4v) is 1.26. The van der Waals surface area contributed by atoms with E-state index in [4.69, 9.17) is 9.84 Å². The van der Waals surface area contributed by atoms with Gasteiger partial charge >= 0.3 is 6.36 Å². The Morgan fingerprint density at radius 3 is 2.41 bits per heavy atom. The van der Waals surface area contributed by atoms with E-state index in [1.807, 2.05) is 0 Å². The Hall–Kier alpha value is -1.43. The first-order chi connectivity index (χ1) is 7.83. The normalized spacial score (nSPS) is 11.7. The monoisotopic (exact) mass is 250 g/mol. The minimum absolute atomic E-state index is 0.0282. The van der Waals surface area contributed by atoms with Crippen molar-refractivity contribution >= 4 is 0 Å². The first-order valence-electron chi connectivity index (χ1n) is 4.98. The number of aliphatic hydroxyl groups excluding tert-OH is 1. The summed E-state index contributed by atoms with van der Waals surface area (Å²) in [6, 6.07) is 4.20. The smallest absolute Gasteiger partial charge is 0.487 e. The van der Waals surface area contributed by atoms with Gasteiger partial charge in [-0.1, -0.05) is 12.1 Å². The maximum absolute atomic E-state index is 12.2. The molecule has 0 saturated carbocycles. The van der Waals surface area contributed by atoms with Crippen molar-refractivity contribution < 1.29 is 27.8 Å². The Morgan fingerprint density at radius 1 is 1.29 bits per heavy atom. The lowest BCUT2D eigenvalue weighted by Gasteiger charge is -2.18. The molecular weight excluding hydrogens is 237 g/mol. The number of aliphatic hydroxyl groups is 1. The first kappa shape index (κ1) is 13.6. The number of ether oxygens (including phenoxy) is 2. The summed E-state index contributed by atoms with van der Waals surface area (Å²) in [7, 11) is 0. The second-order valence-corrected chi connectivity index (χ2v) is 3.62. The van der Waals surface area contributed by atoms with Crippen LogP contribution >= 0.6 is 0 Å². The molecule has 1 rings (SSSR count). The molecule has 0 aromatic heterocycles. The van der Waals surface area contributed by atoms with Gasteiger partial charge < -0.3 is 14.6 Å². The summed E-state index contributed by atoms with van der Waals surface area (Å²) in [6.45, 7) is 2.81. The molecular formula is C11H13F3O3. The number of halogens is 3. The third kappa shape index (κ3) is 4.14. The van der Waals surface area contributed by atoms with Gasteiger partial charge in [-0.2, -0.15) is 0 Å². The molecule has 1 N–H and O–H groups in total. The Morgan fingerprint density at radius 2 is 1.94 bits per heavy atom. The predicted molar refractivity (Wildman–Crippen MR) is 54.8 cm³/mol. The lowest BCUT2D eigenvalue weighted by atomic mass is 10.2. The molecule has 0 atom stereocenters. The zero-order valence-corrected chi connectivity index (χ0v) is 9.41. The van der Waals surface area contributed by atoms with Gasteiger partial charge in [0.05, 0.1) is 12.7 Å². The van der Waals surface area contributed by atoms with Crippen molar-refractivity contribution in [2.75, 3.05) is 0 Å². The number of alkyl halides is 3. The summed E-state index contributed by atoms with van der Waals surface area (Å²) in [5.41, 5.74) is 0.0282. The Bertz CT molecular complexity index is 375. The van der Waals surface area contributed by atoms with Crippen LogP contribution in [-0.4, -0.2) is 17.6 Å². The minimum atomic E-state index is -4.82. The van der Waals surface area contributed by atoms with Crippen LogP contribution in [0.25, 0.3) is 0 Å². The van der Waals surface area contributed by atoms with Gasteiger partial charge in [-0.15, -0.1) is 13.2 Å². The van der Waals surface area contributed by atoms with Crippen molar-refractivity contribution in [3.8, 4) is 11.5 Å². The van der Waals surface area contributed by atoms with Crippen molar-refractivity contribution in [1.82, 2.24) is 0 Å². The average molecular weight is 250 g/mol. The van der Waals surface area contributed by atoms with E-state index in [-0.39, 0.29) is 17.4 Å². The zero-order chi connectivity index (χ0) is 13.1. The maximum atomic E-state index is 12.2. The molecule has 0 radical (unpaired) electrons. The number of benzene rings is 1. The molecule has 0 aliphatic heterocycles. The molecule has 1 aromatic carbocycles. The maximum Gasteiger partial charge on any atom is 0.573 e. The first-order valence-corrected chi connectivity index (χ1v) is 4.98. The lowest BCUT2D eigenvalue weighted by molar-refractivity contribution is -0.275. The summed E-state index contributed by atoms with van der Waals surface area (Å²) < 4.78 is 45.7. The number of hydrogen-bond acceptors (Lipinski definition) is 3. The van der Waals surface area contributed by atoms with Gasteiger partial charge in [0.25, 0.3) is 0 Å². The summed E-state index contributed by atoms with van der Waals surface area (Å²) >= 11 is 0. The van der Waals surface area contributed by atoms with E-state index in [0.29, 0.717) is 0 Å². The Labute approximate surface area is 96.8 Å². The average Bonchev–Trinajstić information content (AvgIpc) is 2.17. The second-order valence-electron chi connectivity index (χ2n) is 3.62. The van der Waals surface area contributed by atoms with Gasteiger partial charge in [0.1, 0.15) is 0 Å². The summed E-state index contributed by atoms with van der Waals surface area (Å²) in [5, 5.41) is 8.97. The van der Waals surface area contributed by atoms with Crippen LogP contribution in [0.4, 0.5) is 13.2 Å². The van der Waals surface area contributed by atoms with Gasteiger partial charge in [-0.3, -0.25) is 0 Å². The van der Waals surface area contributed by atoms with Crippen molar-refractivity contribution in [2.45, 2.75) is 32.9 Å². The van der Waals surface area contributed by atoms with Gasteiger partial charge in [-0.25, -0.2) is 0 Å². The van der Waals surface area contributed by atoms with E-state index < -0.39 is 18.7 Å². The molecule has 0 bridgehead atoms. The highest BCUT2D eigenvalue weighted by Crippen LogP contribution is 2.36. The predicted octanol–water partition coefficient (Wildman–Crippen LogP) is 2.86. The quantitative estimate of drug-likeness (QED) is 0.893. The van der Waals surface area contributed by atoms with Crippen LogP contribution in [0.15, 0.2) is 18.2 Å². The van der Waals surface area contributed by atoms with Crippen LogP contribution in [0.5, 0.6) is 11.5 Å². The van der Waals surface area contributed by atoms with Crippen molar-refractivity contribution in [3.63, 3.8) is 0 Å². The molecule has 3 nitrogen and oxygen atoms in total. The molecule has 0 unspecified atom stereocenters. The molecule has 17 heavy (non-hydrogen) atoms. The van der Waals surface area contributed by atoms with E-state index in [2.05, 4.69) is 4.74 Å². The van der Waals surface area contributed by atoms with E-state index in [0.717, 1.165) is 0 Å². The molecule has 6 heteroatoms. The van der Waals surface area contributed by atoms with Gasteiger partial charge in [0, 0.05) is 5.56 Å². The molecule has 0 aliphatic rings. The second kappa shape index (κ2) is 5.27. The van der Waals surface area contributed by atoms with Gasteiger partial charge in [0.15, 0.2) is 11.5 Å². The minimum Gasteiger partial charge on any atom is -0.487 e. The highest BCUT2D eigenvalue weighted by atomic mass is 19.4. The molecule has 0 amide bonds. The van der Waals surface area contributed by atoms with E-state index in [9.17, 15) is 13.2 Å². The SMILES string of the molecule is CC(C)Oc1cccc(CO)c1OC(F)(F)F. The fraction of sp³-hybridized carbons (Fsp3) is 0.455. The molecule has 96 valence electrons. The van der Waals surface area contributed by atoms with E-state index in [1.165, 1.54) is 18.2 Å². The van der Waals surface area contributed by atoms with Gasteiger partial charge in [0.2, 0.25) is 0 Å². The number of para-hydroxylation sites is 1. The summed E-state index contributed by atoms with van der Waals surface area (Å²) in [6.07, 6.45) is -5.11. The number of hydrogen-bond donors (Lipinski definition) is 1. The van der Waals surface area contributed by atoms with Crippen LogP contribution < -0.4 is 9.47 Å². The van der Waals surface area contributed by atoms with Crippen LogP contribution in [0, 0.1) is 0 Å². The molecule has 1 aromatic rings. The van der Waals surface area contributed by atoms with E-state index in [1.54, 1.807) is 13.8 Å². The molecule has 0 fully saturated rings. The van der Waals surface area contributed by atoms with Crippen molar-refractivity contribution in [1.29, 1.82) is 0 Å². The van der Waals surface area contributed by atoms with Crippen molar-refractivity contribution in [3.05, 3.63) is 23.8 Å². The third-order valence-corrected chi connectivity index (χ3v) is 1.81. The van der Waals surface area contributed by atoms with Crippen LogP contribution in [0.2, 0.25) is 0 Å². The standard InChI is InChI=1S/C11H13F3O3/c1-7(2)16-9-5-3-4-8(6-15)10(9)17-11(12,13)14/h3-5,7,15H,6H2,1-2H3. The molecule has 0 spiro atoms. The van der Waals surface area contributed by atoms with Crippen LogP contribution in [-0.2, 0) is 6.61 Å².